The van der Waals surface area contributed by atoms with E-state index in [1.54, 1.807) is 13.8 Å². The highest BCUT2D eigenvalue weighted by Crippen LogP contribution is 2.50. The van der Waals surface area contributed by atoms with Crippen LogP contribution in [-0.2, 0) is 19.1 Å². The molecule has 118 valence electrons. The molecule has 0 bridgehead atoms. The summed E-state index contributed by atoms with van der Waals surface area (Å²) in [6, 6.07) is 2.40. The molecule has 1 aliphatic rings. The van der Waals surface area contributed by atoms with Crippen LogP contribution in [0.4, 0.5) is 0 Å². The topological polar surface area (TPSA) is 76.4 Å². The Bertz CT molecular complexity index is 415. The van der Waals surface area contributed by atoms with Crippen molar-refractivity contribution in [2.45, 2.75) is 52.9 Å². The lowest BCUT2D eigenvalue weighted by Gasteiger charge is -2.32. The molecule has 0 amide bonds. The Balaban J connectivity index is 2.97. The van der Waals surface area contributed by atoms with Gasteiger partial charge in [0.2, 0.25) is 0 Å². The van der Waals surface area contributed by atoms with Crippen LogP contribution in [0.25, 0.3) is 0 Å². The van der Waals surface area contributed by atoms with E-state index in [1.807, 2.05) is 6.92 Å². The third-order valence-electron chi connectivity index (χ3n) is 4.47. The van der Waals surface area contributed by atoms with E-state index in [1.165, 1.54) is 0 Å². The first-order valence-corrected chi connectivity index (χ1v) is 7.78. The van der Waals surface area contributed by atoms with E-state index in [-0.39, 0.29) is 31.5 Å². The molecule has 0 spiro atoms. The quantitative estimate of drug-likeness (QED) is 0.675. The van der Waals surface area contributed by atoms with Crippen LogP contribution in [0.1, 0.15) is 52.9 Å². The molecule has 5 heteroatoms. The number of carbonyl (C=O) groups excluding carboxylic acids is 2. The number of esters is 2. The molecule has 1 fully saturated rings. The van der Waals surface area contributed by atoms with E-state index in [0.29, 0.717) is 6.42 Å². The van der Waals surface area contributed by atoms with Crippen LogP contribution in [0.2, 0.25) is 0 Å². The van der Waals surface area contributed by atoms with E-state index in [2.05, 4.69) is 6.07 Å². The van der Waals surface area contributed by atoms with Crippen molar-refractivity contribution in [1.29, 1.82) is 5.26 Å². The second-order valence-corrected chi connectivity index (χ2v) is 5.49. The van der Waals surface area contributed by atoms with Gasteiger partial charge in [0.1, 0.15) is 0 Å². The Labute approximate surface area is 126 Å². The van der Waals surface area contributed by atoms with Gasteiger partial charge in [0.05, 0.1) is 37.0 Å². The van der Waals surface area contributed by atoms with Crippen molar-refractivity contribution in [2.75, 3.05) is 13.2 Å². The number of hydrogen-bond donors (Lipinski definition) is 0. The van der Waals surface area contributed by atoms with Gasteiger partial charge in [-0.2, -0.15) is 5.26 Å². The molecule has 0 N–H and O–H groups in total. The molecule has 0 heterocycles. The van der Waals surface area contributed by atoms with Crippen molar-refractivity contribution in [1.82, 2.24) is 0 Å². The summed E-state index contributed by atoms with van der Waals surface area (Å²) < 4.78 is 10.1. The highest BCUT2D eigenvalue weighted by Gasteiger charge is 2.49. The molecule has 0 aromatic rings. The molecule has 3 atom stereocenters. The Morgan fingerprint density at radius 3 is 2.48 bits per heavy atom. The summed E-state index contributed by atoms with van der Waals surface area (Å²) in [6.07, 6.45) is 3.16. The zero-order chi connectivity index (χ0) is 15.9. The first-order chi connectivity index (χ1) is 10.0. The number of rotatable bonds is 7. The van der Waals surface area contributed by atoms with E-state index < -0.39 is 17.3 Å². The molecular weight excluding hydrogens is 270 g/mol. The molecule has 0 radical (unpaired) electrons. The average Bonchev–Trinajstić information content (AvgIpc) is 2.89. The molecule has 0 saturated heterocycles. The molecule has 1 saturated carbocycles. The maximum Gasteiger partial charge on any atom is 0.309 e. The van der Waals surface area contributed by atoms with Crippen LogP contribution >= 0.6 is 0 Å². The lowest BCUT2D eigenvalue weighted by Crippen LogP contribution is -2.36. The lowest BCUT2D eigenvalue weighted by atomic mass is 9.70. The van der Waals surface area contributed by atoms with Crippen molar-refractivity contribution in [3.63, 3.8) is 0 Å². The smallest absolute Gasteiger partial charge is 0.309 e. The monoisotopic (exact) mass is 295 g/mol. The number of hydrogen-bond acceptors (Lipinski definition) is 5. The standard InChI is InChI=1S/C16H25NO4/c1-4-16(11-17)9-7-8-13(16)12(15(19)21-6-3)10-14(18)20-5-2/h12-13H,4-10H2,1-3H3. The molecule has 3 unspecified atom stereocenters. The first kappa shape index (κ1) is 17.5. The number of nitriles is 1. The van der Waals surface area contributed by atoms with Gasteiger partial charge < -0.3 is 9.47 Å². The van der Waals surface area contributed by atoms with Crippen molar-refractivity contribution in [3.8, 4) is 6.07 Å². The Kier molecular flexibility index (Phi) is 6.67. The summed E-state index contributed by atoms with van der Waals surface area (Å²) in [5.41, 5.74) is -0.524. The van der Waals surface area contributed by atoms with Gasteiger partial charge in [0, 0.05) is 0 Å². The minimum atomic E-state index is -0.578. The lowest BCUT2D eigenvalue weighted by molar-refractivity contribution is -0.158. The Morgan fingerprint density at radius 2 is 1.95 bits per heavy atom. The molecule has 0 aliphatic heterocycles. The number of carbonyl (C=O) groups is 2. The van der Waals surface area contributed by atoms with E-state index in [9.17, 15) is 14.9 Å². The summed E-state index contributed by atoms with van der Waals surface area (Å²) in [6.45, 7) is 6.00. The van der Waals surface area contributed by atoms with Crippen LogP contribution in [0.5, 0.6) is 0 Å². The van der Waals surface area contributed by atoms with Gasteiger partial charge in [-0.25, -0.2) is 0 Å². The van der Waals surface area contributed by atoms with E-state index in [4.69, 9.17) is 9.47 Å². The Morgan fingerprint density at radius 1 is 1.29 bits per heavy atom. The maximum atomic E-state index is 12.3. The second kappa shape index (κ2) is 8.02. The van der Waals surface area contributed by atoms with E-state index >= 15 is 0 Å². The highest BCUT2D eigenvalue weighted by atomic mass is 16.5. The summed E-state index contributed by atoms with van der Waals surface area (Å²) in [4.78, 5) is 24.0. The third kappa shape index (κ3) is 3.96. The highest BCUT2D eigenvalue weighted by molar-refractivity contribution is 5.80. The van der Waals surface area contributed by atoms with Crippen LogP contribution in [-0.4, -0.2) is 25.2 Å². The predicted octanol–water partition coefficient (Wildman–Crippen LogP) is 2.84. The molecule has 1 aliphatic carbocycles. The predicted molar refractivity (Wildman–Crippen MR) is 77.1 cm³/mol. The van der Waals surface area contributed by atoms with Gasteiger partial charge >= 0.3 is 11.9 Å². The first-order valence-electron chi connectivity index (χ1n) is 7.78. The van der Waals surface area contributed by atoms with E-state index in [0.717, 1.165) is 19.3 Å². The fourth-order valence-electron chi connectivity index (χ4n) is 3.38. The van der Waals surface area contributed by atoms with Crippen molar-refractivity contribution >= 4 is 11.9 Å². The number of nitrogens with zero attached hydrogens (tertiary/aromatic N) is 1. The van der Waals surface area contributed by atoms with Gasteiger partial charge in [0.25, 0.3) is 0 Å². The number of ether oxygens (including phenoxy) is 2. The molecule has 0 aromatic heterocycles. The summed E-state index contributed by atoms with van der Waals surface area (Å²) in [7, 11) is 0. The van der Waals surface area contributed by atoms with Gasteiger partial charge in [0.15, 0.2) is 0 Å². The van der Waals surface area contributed by atoms with Gasteiger partial charge in [-0.15, -0.1) is 0 Å². The maximum absolute atomic E-state index is 12.3. The largest absolute Gasteiger partial charge is 0.466 e. The van der Waals surface area contributed by atoms with Crippen molar-refractivity contribution in [3.05, 3.63) is 0 Å². The van der Waals surface area contributed by atoms with Crippen molar-refractivity contribution in [2.24, 2.45) is 17.3 Å². The van der Waals surface area contributed by atoms with Gasteiger partial charge in [-0.1, -0.05) is 13.3 Å². The fraction of sp³-hybridized carbons (Fsp3) is 0.812. The minimum Gasteiger partial charge on any atom is -0.466 e. The van der Waals surface area contributed by atoms with Gasteiger partial charge in [-0.3, -0.25) is 9.59 Å². The van der Waals surface area contributed by atoms with Crippen LogP contribution < -0.4 is 0 Å². The molecule has 0 aromatic carbocycles. The zero-order valence-electron chi connectivity index (χ0n) is 13.2. The fourth-order valence-corrected chi connectivity index (χ4v) is 3.38. The van der Waals surface area contributed by atoms with Crippen molar-refractivity contribution < 1.29 is 19.1 Å². The van der Waals surface area contributed by atoms with Gasteiger partial charge in [-0.05, 0) is 39.0 Å². The SMILES string of the molecule is CCOC(=O)CC(C(=O)OCC)C1CCCC1(C#N)CC. The van der Waals surface area contributed by atoms with Crippen LogP contribution in [0, 0.1) is 28.6 Å². The average molecular weight is 295 g/mol. The van der Waals surface area contributed by atoms with Crippen LogP contribution in [0.15, 0.2) is 0 Å². The summed E-state index contributed by atoms with van der Waals surface area (Å²) in [5, 5.41) is 9.57. The molecule has 21 heavy (non-hydrogen) atoms. The molecule has 5 nitrogen and oxygen atoms in total. The normalized spacial score (nSPS) is 25.9. The summed E-state index contributed by atoms with van der Waals surface area (Å²) in [5.74, 6) is -1.49. The minimum absolute atomic E-state index is 0.000764. The zero-order valence-corrected chi connectivity index (χ0v) is 13.2. The second-order valence-electron chi connectivity index (χ2n) is 5.49. The molecule has 1 rings (SSSR count). The Hall–Kier alpha value is -1.57. The third-order valence-corrected chi connectivity index (χ3v) is 4.47. The van der Waals surface area contributed by atoms with Crippen LogP contribution in [0.3, 0.4) is 0 Å². The molecular formula is C16H25NO4. The summed E-state index contributed by atoms with van der Waals surface area (Å²) >= 11 is 0.